The summed E-state index contributed by atoms with van der Waals surface area (Å²) in [5, 5.41) is 2.85. The first kappa shape index (κ1) is 11.5. The molecule has 0 radical (unpaired) electrons. The van der Waals surface area contributed by atoms with Crippen LogP contribution in [0.3, 0.4) is 0 Å². The minimum absolute atomic E-state index is 0.312. The number of rotatable bonds is 3. The topological polar surface area (TPSA) is 72.8 Å². The van der Waals surface area contributed by atoms with Crippen molar-refractivity contribution in [1.29, 1.82) is 0 Å². The summed E-state index contributed by atoms with van der Waals surface area (Å²) in [5.41, 5.74) is 0.320. The summed E-state index contributed by atoms with van der Waals surface area (Å²) in [5.74, 6) is 0.127. The molecule has 0 saturated carbocycles. The quantitative estimate of drug-likeness (QED) is 0.660. The number of carbonyl (C=O) groups excluding carboxylic acids is 1. The van der Waals surface area contributed by atoms with Crippen LogP contribution in [0.4, 0.5) is 0 Å². The number of carbonyl (C=O) groups is 1. The summed E-state index contributed by atoms with van der Waals surface area (Å²) in [6, 6.07) is 1.68. The van der Waals surface area contributed by atoms with Crippen LogP contribution in [0.1, 0.15) is 17.3 Å². The lowest BCUT2D eigenvalue weighted by Crippen LogP contribution is -2.05. The van der Waals surface area contributed by atoms with Crippen LogP contribution in [0.2, 0.25) is 0 Å². The normalized spacial score (nSPS) is 10.2. The summed E-state index contributed by atoms with van der Waals surface area (Å²) in [6.07, 6.45) is 4.50. The van der Waals surface area contributed by atoms with Gasteiger partial charge in [-0.05, 0) is 6.92 Å². The van der Waals surface area contributed by atoms with Gasteiger partial charge >= 0.3 is 5.97 Å². The maximum absolute atomic E-state index is 11.6. The highest BCUT2D eigenvalue weighted by Crippen LogP contribution is 2.09. The van der Waals surface area contributed by atoms with Gasteiger partial charge in [-0.15, -0.1) is 0 Å². The standard InChI is InChI=1S/C10H10N4O2S/c1-2-16-10(15)7-5-13-14(9(7)17)8-3-4-11-6-12-8/h3-6,13H,2H2,1H3. The van der Waals surface area contributed by atoms with Crippen molar-refractivity contribution >= 4 is 18.2 Å². The Balaban J connectivity index is 2.40. The molecule has 0 atom stereocenters. The van der Waals surface area contributed by atoms with Gasteiger partial charge < -0.3 is 4.74 Å². The Bertz CT molecular complexity index is 575. The molecular formula is C10H10N4O2S. The van der Waals surface area contributed by atoms with Gasteiger partial charge in [0.15, 0.2) is 5.82 Å². The van der Waals surface area contributed by atoms with Gasteiger partial charge in [-0.2, -0.15) is 0 Å². The van der Waals surface area contributed by atoms with Gasteiger partial charge in [0, 0.05) is 18.5 Å². The maximum atomic E-state index is 11.6. The predicted octanol–water partition coefficient (Wildman–Crippen LogP) is 1.50. The fraction of sp³-hybridized carbons (Fsp3) is 0.200. The number of aromatic nitrogens is 4. The van der Waals surface area contributed by atoms with Crippen molar-refractivity contribution in [2.75, 3.05) is 6.61 Å². The Morgan fingerprint density at radius 3 is 3.12 bits per heavy atom. The molecule has 0 spiro atoms. The van der Waals surface area contributed by atoms with Crippen LogP contribution in [-0.4, -0.2) is 32.3 Å². The molecule has 7 heteroatoms. The van der Waals surface area contributed by atoms with Crippen LogP contribution in [0.5, 0.6) is 0 Å². The summed E-state index contributed by atoms with van der Waals surface area (Å²) >= 11 is 5.17. The van der Waals surface area contributed by atoms with E-state index in [1.165, 1.54) is 17.2 Å². The molecule has 1 N–H and O–H groups in total. The molecule has 0 aliphatic heterocycles. The number of nitrogens with zero attached hydrogens (tertiary/aromatic N) is 3. The van der Waals surface area contributed by atoms with Crippen molar-refractivity contribution in [1.82, 2.24) is 19.7 Å². The van der Waals surface area contributed by atoms with E-state index in [9.17, 15) is 4.79 Å². The molecule has 0 bridgehead atoms. The average molecular weight is 250 g/mol. The van der Waals surface area contributed by atoms with E-state index in [0.29, 0.717) is 22.6 Å². The highest BCUT2D eigenvalue weighted by molar-refractivity contribution is 7.71. The second-order valence-electron chi connectivity index (χ2n) is 3.12. The largest absolute Gasteiger partial charge is 0.462 e. The second kappa shape index (κ2) is 4.88. The van der Waals surface area contributed by atoms with Gasteiger partial charge in [0.2, 0.25) is 0 Å². The molecule has 2 heterocycles. The molecule has 88 valence electrons. The molecule has 6 nitrogen and oxygen atoms in total. The third-order valence-electron chi connectivity index (χ3n) is 2.06. The Kier molecular flexibility index (Phi) is 3.29. The molecule has 0 aromatic carbocycles. The second-order valence-corrected chi connectivity index (χ2v) is 3.50. The van der Waals surface area contributed by atoms with E-state index >= 15 is 0 Å². The fourth-order valence-corrected chi connectivity index (χ4v) is 1.60. The lowest BCUT2D eigenvalue weighted by Gasteiger charge is -2.00. The summed E-state index contributed by atoms with van der Waals surface area (Å²) in [4.78, 5) is 19.4. The van der Waals surface area contributed by atoms with Gasteiger partial charge in [0.25, 0.3) is 0 Å². The Morgan fingerprint density at radius 1 is 1.65 bits per heavy atom. The minimum atomic E-state index is -0.443. The first-order chi connectivity index (χ1) is 8.24. The van der Waals surface area contributed by atoms with Gasteiger partial charge in [-0.3, -0.25) is 5.10 Å². The van der Waals surface area contributed by atoms with Crippen LogP contribution in [-0.2, 0) is 4.74 Å². The third kappa shape index (κ3) is 2.23. The number of nitrogens with one attached hydrogen (secondary N) is 1. The number of aromatic amines is 1. The van der Waals surface area contributed by atoms with Gasteiger partial charge in [0.1, 0.15) is 16.5 Å². The molecule has 0 aliphatic carbocycles. The van der Waals surface area contributed by atoms with E-state index in [4.69, 9.17) is 17.0 Å². The lowest BCUT2D eigenvalue weighted by molar-refractivity contribution is 0.0525. The number of esters is 1. The number of H-pyrrole nitrogens is 1. The molecule has 2 rings (SSSR count). The first-order valence-electron chi connectivity index (χ1n) is 4.98. The van der Waals surface area contributed by atoms with E-state index in [1.54, 1.807) is 19.2 Å². The summed E-state index contributed by atoms with van der Waals surface area (Å²) in [7, 11) is 0. The Labute approximate surface area is 102 Å². The van der Waals surface area contributed by atoms with Crippen molar-refractivity contribution in [3.05, 3.63) is 35.0 Å². The van der Waals surface area contributed by atoms with Crippen molar-refractivity contribution < 1.29 is 9.53 Å². The van der Waals surface area contributed by atoms with Gasteiger partial charge in [-0.1, -0.05) is 12.2 Å². The highest BCUT2D eigenvalue weighted by atomic mass is 32.1. The van der Waals surface area contributed by atoms with Crippen molar-refractivity contribution in [2.24, 2.45) is 0 Å². The van der Waals surface area contributed by atoms with Crippen molar-refractivity contribution in [3.8, 4) is 5.82 Å². The number of hydrogen-bond donors (Lipinski definition) is 1. The zero-order chi connectivity index (χ0) is 12.3. The molecule has 0 unspecified atom stereocenters. The highest BCUT2D eigenvalue weighted by Gasteiger charge is 2.13. The number of ether oxygens (including phenoxy) is 1. The summed E-state index contributed by atoms with van der Waals surface area (Å²) in [6.45, 7) is 2.05. The van der Waals surface area contributed by atoms with Crippen LogP contribution in [0.15, 0.2) is 24.8 Å². The Morgan fingerprint density at radius 2 is 2.47 bits per heavy atom. The zero-order valence-electron chi connectivity index (χ0n) is 9.08. The monoisotopic (exact) mass is 250 g/mol. The minimum Gasteiger partial charge on any atom is -0.462 e. The zero-order valence-corrected chi connectivity index (χ0v) is 9.90. The van der Waals surface area contributed by atoms with Gasteiger partial charge in [-0.25, -0.2) is 19.4 Å². The molecule has 0 amide bonds. The van der Waals surface area contributed by atoms with Crippen molar-refractivity contribution in [3.63, 3.8) is 0 Å². The fourth-order valence-electron chi connectivity index (χ4n) is 1.31. The third-order valence-corrected chi connectivity index (χ3v) is 2.46. The maximum Gasteiger partial charge on any atom is 0.342 e. The van der Waals surface area contributed by atoms with Crippen molar-refractivity contribution in [2.45, 2.75) is 6.92 Å². The molecule has 2 aromatic rings. The van der Waals surface area contributed by atoms with Crippen LogP contribution in [0, 0.1) is 4.64 Å². The SMILES string of the molecule is CCOC(=O)c1c[nH]n(-c2ccncn2)c1=S. The molecular weight excluding hydrogens is 240 g/mol. The number of hydrogen-bond acceptors (Lipinski definition) is 5. The molecule has 0 fully saturated rings. The molecule has 17 heavy (non-hydrogen) atoms. The van der Waals surface area contributed by atoms with E-state index in [1.807, 2.05) is 0 Å². The van der Waals surface area contributed by atoms with E-state index in [0.717, 1.165) is 0 Å². The predicted molar refractivity (Wildman–Crippen MR) is 62.5 cm³/mol. The Hall–Kier alpha value is -2.02. The molecule has 0 aliphatic rings. The van der Waals surface area contributed by atoms with Crippen LogP contribution in [0.25, 0.3) is 5.82 Å². The van der Waals surface area contributed by atoms with Crippen LogP contribution >= 0.6 is 12.2 Å². The summed E-state index contributed by atoms with van der Waals surface area (Å²) < 4.78 is 6.74. The average Bonchev–Trinajstić information content (AvgIpc) is 2.72. The van der Waals surface area contributed by atoms with E-state index in [-0.39, 0.29) is 0 Å². The lowest BCUT2D eigenvalue weighted by atomic mass is 10.4. The van der Waals surface area contributed by atoms with Gasteiger partial charge in [0.05, 0.1) is 6.61 Å². The van der Waals surface area contributed by atoms with E-state index in [2.05, 4.69) is 15.1 Å². The van der Waals surface area contributed by atoms with E-state index < -0.39 is 5.97 Å². The first-order valence-corrected chi connectivity index (χ1v) is 5.38. The molecule has 0 saturated heterocycles. The molecule has 2 aromatic heterocycles. The van der Waals surface area contributed by atoms with Crippen LogP contribution < -0.4 is 0 Å². The smallest absolute Gasteiger partial charge is 0.342 e.